The van der Waals surface area contributed by atoms with Crippen LogP contribution in [0.4, 0.5) is 5.13 Å². The lowest BCUT2D eigenvalue weighted by Crippen LogP contribution is -2.46. The van der Waals surface area contributed by atoms with E-state index in [0.717, 1.165) is 36.3 Å². The zero-order chi connectivity index (χ0) is 14.9. The fourth-order valence-corrected chi connectivity index (χ4v) is 4.44. The fourth-order valence-electron chi connectivity index (χ4n) is 3.55. The Balaban J connectivity index is 0.00000156. The summed E-state index contributed by atoms with van der Waals surface area (Å²) < 4.78 is 1.11. The predicted octanol–water partition coefficient (Wildman–Crippen LogP) is 2.34. The Bertz CT molecular complexity index is 659. The Morgan fingerprint density at radius 3 is 3.13 bits per heavy atom. The molecular weight excluding hydrogens is 332 g/mol. The van der Waals surface area contributed by atoms with Crippen molar-refractivity contribution in [2.45, 2.75) is 18.9 Å². The maximum Gasteiger partial charge on any atom is 0.240 e. The van der Waals surface area contributed by atoms with Crippen LogP contribution < -0.4 is 10.6 Å². The van der Waals surface area contributed by atoms with Crippen molar-refractivity contribution in [1.82, 2.24) is 15.2 Å². The second kappa shape index (κ2) is 7.13. The second-order valence-corrected chi connectivity index (χ2v) is 7.20. The number of hydrogen-bond donors (Lipinski definition) is 2. The van der Waals surface area contributed by atoms with Gasteiger partial charge in [0.1, 0.15) is 0 Å². The van der Waals surface area contributed by atoms with Crippen molar-refractivity contribution in [3.05, 3.63) is 24.3 Å². The first-order valence-corrected chi connectivity index (χ1v) is 8.71. The van der Waals surface area contributed by atoms with Gasteiger partial charge < -0.3 is 10.6 Å². The van der Waals surface area contributed by atoms with Crippen molar-refractivity contribution in [1.29, 1.82) is 0 Å². The van der Waals surface area contributed by atoms with Gasteiger partial charge in [-0.25, -0.2) is 4.98 Å². The van der Waals surface area contributed by atoms with E-state index in [1.54, 1.807) is 0 Å². The first-order chi connectivity index (χ1) is 10.8. The Labute approximate surface area is 145 Å². The molecule has 2 N–H and O–H groups in total. The number of carbonyl (C=O) groups excluding carboxylic acids is 1. The third-order valence-corrected chi connectivity index (χ3v) is 5.60. The summed E-state index contributed by atoms with van der Waals surface area (Å²) in [5.74, 6) is 0.757. The number of amides is 1. The molecule has 4 rings (SSSR count). The first-order valence-electron chi connectivity index (χ1n) is 7.89. The van der Waals surface area contributed by atoms with Crippen molar-refractivity contribution in [2.75, 3.05) is 31.5 Å². The number of thiazole rings is 1. The highest BCUT2D eigenvalue weighted by atomic mass is 35.5. The van der Waals surface area contributed by atoms with Crippen LogP contribution >= 0.6 is 23.7 Å². The highest BCUT2D eigenvalue weighted by molar-refractivity contribution is 7.22. The number of hydrogen-bond acceptors (Lipinski definition) is 5. The summed E-state index contributed by atoms with van der Waals surface area (Å²) in [5.41, 5.74) is 0.945. The molecule has 0 radical (unpaired) electrons. The molecule has 2 unspecified atom stereocenters. The van der Waals surface area contributed by atoms with Gasteiger partial charge in [0.15, 0.2) is 5.13 Å². The van der Waals surface area contributed by atoms with Crippen LogP contribution in [-0.2, 0) is 4.79 Å². The summed E-state index contributed by atoms with van der Waals surface area (Å²) in [5, 5.41) is 7.20. The summed E-state index contributed by atoms with van der Waals surface area (Å²) >= 11 is 1.53. The molecule has 1 amide bonds. The van der Waals surface area contributed by atoms with E-state index in [2.05, 4.69) is 20.5 Å². The monoisotopic (exact) mass is 352 g/mol. The van der Waals surface area contributed by atoms with E-state index < -0.39 is 0 Å². The van der Waals surface area contributed by atoms with Crippen molar-refractivity contribution >= 4 is 45.0 Å². The minimum atomic E-state index is 0. The van der Waals surface area contributed by atoms with Gasteiger partial charge in [0, 0.05) is 19.1 Å². The third kappa shape index (κ3) is 3.66. The number of piperidine rings is 1. The highest BCUT2D eigenvalue weighted by Crippen LogP contribution is 2.26. The van der Waals surface area contributed by atoms with Crippen molar-refractivity contribution in [3.8, 4) is 0 Å². The molecule has 1 aromatic carbocycles. The number of fused-ring (bicyclic) bond motifs is 2. The number of benzene rings is 1. The van der Waals surface area contributed by atoms with Crippen LogP contribution in [0.3, 0.4) is 0 Å². The summed E-state index contributed by atoms with van der Waals surface area (Å²) in [6, 6.07) is 8.63. The van der Waals surface area contributed by atoms with Gasteiger partial charge in [-0.15, -0.1) is 12.4 Å². The van der Waals surface area contributed by atoms with Crippen LogP contribution in [-0.4, -0.2) is 48.0 Å². The summed E-state index contributed by atoms with van der Waals surface area (Å²) in [4.78, 5) is 19.0. The van der Waals surface area contributed by atoms with E-state index in [9.17, 15) is 4.79 Å². The molecule has 2 aliphatic rings. The topological polar surface area (TPSA) is 57.3 Å². The zero-order valence-electron chi connectivity index (χ0n) is 12.8. The van der Waals surface area contributed by atoms with Crippen LogP contribution in [0, 0.1) is 5.92 Å². The van der Waals surface area contributed by atoms with Crippen LogP contribution in [0.2, 0.25) is 0 Å². The lowest BCUT2D eigenvalue weighted by atomic mass is 9.93. The highest BCUT2D eigenvalue weighted by Gasteiger charge is 2.33. The minimum Gasteiger partial charge on any atom is -0.314 e. The van der Waals surface area contributed by atoms with Gasteiger partial charge >= 0.3 is 0 Å². The standard InChI is InChI=1S/C16H20N4OS.ClH/c21-15(10-20-8-6-12-11(9-20)5-7-17-12)19-16-18-13-3-1-2-4-14(13)22-16;/h1-4,11-12,17H,5-10H2,(H,18,19,21);1H. The fraction of sp³-hybridized carbons (Fsp3) is 0.500. The Morgan fingerprint density at radius 2 is 2.26 bits per heavy atom. The van der Waals surface area contributed by atoms with Gasteiger partial charge in [0.25, 0.3) is 0 Å². The average molecular weight is 353 g/mol. The van der Waals surface area contributed by atoms with E-state index in [4.69, 9.17) is 0 Å². The van der Waals surface area contributed by atoms with E-state index in [1.807, 2.05) is 24.3 Å². The normalized spacial score (nSPS) is 24.2. The van der Waals surface area contributed by atoms with Gasteiger partial charge in [0.05, 0.1) is 16.8 Å². The van der Waals surface area contributed by atoms with Gasteiger partial charge in [-0.2, -0.15) is 0 Å². The molecule has 2 saturated heterocycles. The Morgan fingerprint density at radius 1 is 1.39 bits per heavy atom. The minimum absolute atomic E-state index is 0. The van der Waals surface area contributed by atoms with Crippen molar-refractivity contribution in [3.63, 3.8) is 0 Å². The van der Waals surface area contributed by atoms with Crippen LogP contribution in [0.1, 0.15) is 12.8 Å². The van der Waals surface area contributed by atoms with E-state index in [0.29, 0.717) is 23.6 Å². The number of para-hydroxylation sites is 1. The zero-order valence-corrected chi connectivity index (χ0v) is 14.5. The van der Waals surface area contributed by atoms with Crippen LogP contribution in [0.5, 0.6) is 0 Å². The molecule has 3 heterocycles. The largest absolute Gasteiger partial charge is 0.314 e. The average Bonchev–Trinajstić information content (AvgIpc) is 3.11. The van der Waals surface area contributed by atoms with Crippen LogP contribution in [0.25, 0.3) is 10.2 Å². The number of nitrogens with zero attached hydrogens (tertiary/aromatic N) is 2. The number of halogens is 1. The maximum absolute atomic E-state index is 12.2. The first kappa shape index (κ1) is 16.6. The van der Waals surface area contributed by atoms with E-state index >= 15 is 0 Å². The Hall–Kier alpha value is -1.21. The SMILES string of the molecule is Cl.O=C(CN1CCC2NCCC2C1)Nc1nc2ccccc2s1. The Kier molecular flexibility index (Phi) is 5.16. The molecular formula is C16H21ClN4OS. The number of anilines is 1. The molecule has 2 aromatic rings. The van der Waals surface area contributed by atoms with Gasteiger partial charge in [-0.1, -0.05) is 23.5 Å². The maximum atomic E-state index is 12.2. The molecule has 23 heavy (non-hydrogen) atoms. The molecule has 0 aliphatic carbocycles. The second-order valence-electron chi connectivity index (χ2n) is 6.17. The molecule has 5 nitrogen and oxygen atoms in total. The number of carbonyl (C=O) groups is 1. The smallest absolute Gasteiger partial charge is 0.240 e. The number of likely N-dealkylation sites (tertiary alicyclic amines) is 1. The number of aromatic nitrogens is 1. The van der Waals surface area contributed by atoms with E-state index in [-0.39, 0.29) is 18.3 Å². The molecule has 2 aliphatic heterocycles. The van der Waals surface area contributed by atoms with Crippen LogP contribution in [0.15, 0.2) is 24.3 Å². The molecule has 2 atom stereocenters. The van der Waals surface area contributed by atoms with Crippen molar-refractivity contribution < 1.29 is 4.79 Å². The lowest BCUT2D eigenvalue weighted by Gasteiger charge is -2.34. The molecule has 0 bridgehead atoms. The predicted molar refractivity (Wildman–Crippen MR) is 96.5 cm³/mol. The molecule has 0 saturated carbocycles. The van der Waals surface area contributed by atoms with Crippen molar-refractivity contribution in [2.24, 2.45) is 5.92 Å². The van der Waals surface area contributed by atoms with E-state index in [1.165, 1.54) is 17.8 Å². The summed E-state index contributed by atoms with van der Waals surface area (Å²) in [7, 11) is 0. The summed E-state index contributed by atoms with van der Waals surface area (Å²) in [6.07, 6.45) is 2.39. The molecule has 7 heteroatoms. The molecule has 2 fully saturated rings. The van der Waals surface area contributed by atoms with Gasteiger partial charge in [-0.3, -0.25) is 9.69 Å². The summed E-state index contributed by atoms with van der Waals surface area (Å²) in [6.45, 7) is 3.63. The quantitative estimate of drug-likeness (QED) is 0.890. The molecule has 1 aromatic heterocycles. The molecule has 0 spiro atoms. The third-order valence-electron chi connectivity index (χ3n) is 4.65. The molecule has 124 valence electrons. The number of rotatable bonds is 3. The number of nitrogens with one attached hydrogen (secondary N) is 2. The van der Waals surface area contributed by atoms with Gasteiger partial charge in [-0.05, 0) is 37.4 Å². The lowest BCUT2D eigenvalue weighted by molar-refractivity contribution is -0.117. The van der Waals surface area contributed by atoms with Gasteiger partial charge in [0.2, 0.25) is 5.91 Å².